The van der Waals surface area contributed by atoms with Gasteiger partial charge in [0.05, 0.1) is 17.4 Å². The normalized spacial score (nSPS) is 18.6. The Morgan fingerprint density at radius 2 is 1.67 bits per heavy atom. The maximum absolute atomic E-state index is 13.4. The second kappa shape index (κ2) is 19.8. The van der Waals surface area contributed by atoms with Crippen LogP contribution < -0.4 is 16.0 Å². The van der Waals surface area contributed by atoms with E-state index in [-0.39, 0.29) is 78.2 Å². The first-order valence-corrected chi connectivity index (χ1v) is 18.2. The summed E-state index contributed by atoms with van der Waals surface area (Å²) in [5.41, 5.74) is 0.371. The minimum absolute atomic E-state index is 0.0246. The van der Waals surface area contributed by atoms with Crippen molar-refractivity contribution in [3.05, 3.63) is 69.8 Å². The number of aromatic hydroxyl groups is 1. The van der Waals surface area contributed by atoms with Gasteiger partial charge in [-0.05, 0) is 89.3 Å². The molecule has 0 spiro atoms. The molecule has 14 nitrogen and oxygen atoms in total. The van der Waals surface area contributed by atoms with Crippen LogP contribution in [-0.2, 0) is 19.2 Å². The number of carboxylic acids is 1. The van der Waals surface area contributed by atoms with Crippen LogP contribution in [0.15, 0.2) is 48.5 Å². The van der Waals surface area contributed by atoms with Gasteiger partial charge >= 0.3 is 5.97 Å². The summed E-state index contributed by atoms with van der Waals surface area (Å²) < 4.78 is 0. The van der Waals surface area contributed by atoms with Crippen LogP contribution in [0.5, 0.6) is 5.75 Å². The zero-order chi connectivity index (χ0) is 37.6. The molecule has 2 saturated heterocycles. The lowest BCUT2D eigenvalue weighted by Crippen LogP contribution is -2.41. The lowest BCUT2D eigenvalue weighted by molar-refractivity contribution is -0.385. The van der Waals surface area contributed by atoms with Gasteiger partial charge in [0.2, 0.25) is 5.91 Å². The molecule has 4 atom stereocenters. The number of piperidine rings is 1. The van der Waals surface area contributed by atoms with Crippen LogP contribution in [0.3, 0.4) is 0 Å². The van der Waals surface area contributed by atoms with E-state index in [0.29, 0.717) is 44.2 Å². The number of likely N-dealkylation sites (tertiary alicyclic amines) is 1. The molecular weight excluding hydrogens is 670 g/mol. The second-order valence-electron chi connectivity index (χ2n) is 14.1. The zero-order valence-electron chi connectivity index (χ0n) is 29.8. The number of nitrogens with one attached hydrogen (secondary N) is 3. The van der Waals surface area contributed by atoms with E-state index in [1.807, 2.05) is 7.05 Å². The fourth-order valence-corrected chi connectivity index (χ4v) is 6.90. The molecule has 2 aromatic carbocycles. The standard InChI is InChI=1S/C38H51N5O9/c1-42-20-17-26(18-21-42)37(49)39-19-7-6-11-32(41-38(50)25-13-15-28(44)16-14-25)35(46)24-33-31(40-33)10-4-2-8-29(45)22-27(23-36(47)48)30-9-3-5-12-34(30)43(51)52/h3,5,9,12-16,26-27,31-33,40,44H,2,4,6-8,10-11,17-24H2,1H3,(H,39,49)(H,41,50)(H,47,48). The molecular formula is C38H51N5O9. The number of phenolic OH excluding ortho intramolecular Hbond substituents is 1. The molecule has 2 aliphatic rings. The average molecular weight is 722 g/mol. The summed E-state index contributed by atoms with van der Waals surface area (Å²) in [4.78, 5) is 76.4. The Bertz CT molecular complexity index is 1560. The molecule has 0 bridgehead atoms. The van der Waals surface area contributed by atoms with E-state index in [2.05, 4.69) is 20.9 Å². The maximum Gasteiger partial charge on any atom is 0.303 e. The number of nitro benzene ring substituents is 1. The molecule has 4 unspecified atom stereocenters. The first-order chi connectivity index (χ1) is 24.9. The molecule has 0 aliphatic carbocycles. The van der Waals surface area contributed by atoms with E-state index in [1.165, 1.54) is 42.5 Å². The topological polar surface area (TPSA) is 218 Å². The quantitative estimate of drug-likeness (QED) is 0.0504. The Balaban J connectivity index is 1.21. The van der Waals surface area contributed by atoms with Gasteiger partial charge in [-0.2, -0.15) is 0 Å². The highest BCUT2D eigenvalue weighted by Crippen LogP contribution is 2.32. The Hall–Kier alpha value is -4.69. The van der Waals surface area contributed by atoms with E-state index in [1.54, 1.807) is 6.07 Å². The minimum Gasteiger partial charge on any atom is -0.508 e. The highest BCUT2D eigenvalue weighted by Gasteiger charge is 2.38. The molecule has 0 radical (unpaired) electrons. The number of rotatable bonds is 22. The lowest BCUT2D eigenvalue weighted by Gasteiger charge is -2.28. The Labute approximate surface area is 303 Å². The smallest absolute Gasteiger partial charge is 0.303 e. The van der Waals surface area contributed by atoms with Crippen molar-refractivity contribution in [3.63, 3.8) is 0 Å². The van der Waals surface area contributed by atoms with Gasteiger partial charge in [-0.1, -0.05) is 24.6 Å². The summed E-state index contributed by atoms with van der Waals surface area (Å²) in [7, 11) is 2.05. The molecule has 2 aromatic rings. The monoisotopic (exact) mass is 721 g/mol. The number of nitrogens with zero attached hydrogens (tertiary/aromatic N) is 2. The molecule has 4 rings (SSSR count). The third kappa shape index (κ3) is 12.8. The first kappa shape index (κ1) is 40.1. The lowest BCUT2D eigenvalue weighted by atomic mass is 9.88. The highest BCUT2D eigenvalue weighted by molar-refractivity contribution is 5.98. The number of aliphatic carboxylic acids is 1. The molecule has 282 valence electrons. The van der Waals surface area contributed by atoms with Crippen LogP contribution in [0, 0.1) is 16.0 Å². The SMILES string of the molecule is CN1CCC(C(=O)NCCCCC(NC(=O)c2ccc(O)cc2)C(=O)CC2NC2CCCCC(=O)CC(CC(=O)O)c2ccccc2[N+](=O)[O-])CC1. The number of phenols is 1. The molecule has 52 heavy (non-hydrogen) atoms. The average Bonchev–Trinajstić information content (AvgIpc) is 3.86. The number of carbonyl (C=O) groups excluding carboxylic acids is 4. The van der Waals surface area contributed by atoms with Crippen molar-refractivity contribution in [2.24, 2.45) is 5.92 Å². The van der Waals surface area contributed by atoms with Crippen LogP contribution in [-0.4, -0.2) is 94.2 Å². The number of para-hydroxylation sites is 1. The third-order valence-corrected chi connectivity index (χ3v) is 10.0. The Morgan fingerprint density at radius 3 is 2.37 bits per heavy atom. The summed E-state index contributed by atoms with van der Waals surface area (Å²) in [6.45, 7) is 2.31. The molecule has 2 fully saturated rings. The van der Waals surface area contributed by atoms with Crippen LogP contribution in [0.25, 0.3) is 0 Å². The van der Waals surface area contributed by atoms with Crippen molar-refractivity contribution >= 4 is 35.0 Å². The molecule has 2 aliphatic heterocycles. The number of amides is 2. The zero-order valence-corrected chi connectivity index (χ0v) is 29.8. The van der Waals surface area contributed by atoms with Crippen molar-refractivity contribution in [3.8, 4) is 5.75 Å². The van der Waals surface area contributed by atoms with Crippen molar-refractivity contribution in [2.45, 2.75) is 101 Å². The van der Waals surface area contributed by atoms with E-state index >= 15 is 0 Å². The van der Waals surface area contributed by atoms with E-state index in [4.69, 9.17) is 0 Å². The van der Waals surface area contributed by atoms with Gasteiger partial charge in [0, 0.05) is 66.9 Å². The van der Waals surface area contributed by atoms with Crippen LogP contribution in [0.4, 0.5) is 5.69 Å². The van der Waals surface area contributed by atoms with Crippen molar-refractivity contribution < 1.29 is 39.1 Å². The summed E-state index contributed by atoms with van der Waals surface area (Å²) in [6, 6.07) is 11.0. The van der Waals surface area contributed by atoms with Gasteiger partial charge in [-0.3, -0.25) is 34.1 Å². The van der Waals surface area contributed by atoms with Gasteiger partial charge in [0.25, 0.3) is 11.6 Å². The fourth-order valence-electron chi connectivity index (χ4n) is 6.90. The summed E-state index contributed by atoms with van der Waals surface area (Å²) in [5.74, 6) is -2.48. The van der Waals surface area contributed by atoms with Gasteiger partial charge in [0.15, 0.2) is 5.78 Å². The van der Waals surface area contributed by atoms with Crippen molar-refractivity contribution in [1.29, 1.82) is 0 Å². The van der Waals surface area contributed by atoms with Gasteiger partial charge in [0.1, 0.15) is 11.5 Å². The summed E-state index contributed by atoms with van der Waals surface area (Å²) in [5, 5.41) is 39.6. The number of benzene rings is 2. The van der Waals surface area contributed by atoms with Crippen molar-refractivity contribution in [2.75, 3.05) is 26.7 Å². The Morgan fingerprint density at radius 1 is 0.962 bits per heavy atom. The Kier molecular flexibility index (Phi) is 15.3. The molecule has 5 N–H and O–H groups in total. The molecule has 2 amide bonds. The van der Waals surface area contributed by atoms with E-state index in [9.17, 15) is 44.3 Å². The predicted octanol–water partition coefficient (Wildman–Crippen LogP) is 4.10. The molecule has 0 aromatic heterocycles. The van der Waals surface area contributed by atoms with E-state index in [0.717, 1.165) is 32.4 Å². The minimum atomic E-state index is -1.13. The first-order valence-electron chi connectivity index (χ1n) is 18.2. The van der Waals surface area contributed by atoms with Crippen molar-refractivity contribution in [1.82, 2.24) is 20.9 Å². The maximum atomic E-state index is 13.4. The summed E-state index contributed by atoms with van der Waals surface area (Å²) >= 11 is 0. The number of unbranched alkanes of at least 4 members (excludes halogenated alkanes) is 2. The fraction of sp³-hybridized carbons (Fsp3) is 0.553. The third-order valence-electron chi connectivity index (χ3n) is 10.0. The molecule has 2 heterocycles. The van der Waals surface area contributed by atoms with Gasteiger partial charge < -0.3 is 31.1 Å². The summed E-state index contributed by atoms with van der Waals surface area (Å²) in [6.07, 6.45) is 5.35. The van der Waals surface area contributed by atoms with Gasteiger partial charge in [-0.15, -0.1) is 0 Å². The van der Waals surface area contributed by atoms with E-state index < -0.39 is 28.8 Å². The molecule has 0 saturated carbocycles. The van der Waals surface area contributed by atoms with Crippen LogP contribution in [0.2, 0.25) is 0 Å². The highest BCUT2D eigenvalue weighted by atomic mass is 16.6. The predicted molar refractivity (Wildman–Crippen MR) is 193 cm³/mol. The number of ketones is 2. The number of hydrogen-bond donors (Lipinski definition) is 5. The second-order valence-corrected chi connectivity index (χ2v) is 14.1. The van der Waals surface area contributed by atoms with Crippen LogP contribution in [0.1, 0.15) is 98.9 Å². The number of nitro groups is 1. The largest absolute Gasteiger partial charge is 0.508 e. The number of carboxylic acid groups (broad SMARTS) is 1. The van der Waals surface area contributed by atoms with Crippen LogP contribution >= 0.6 is 0 Å². The number of hydrogen-bond acceptors (Lipinski definition) is 10. The van der Waals surface area contributed by atoms with Gasteiger partial charge in [-0.25, -0.2) is 0 Å². The number of carbonyl (C=O) groups is 5. The molecule has 14 heteroatoms. The number of Topliss-reactive ketones (excluding diaryl/α,β-unsaturated/α-hetero) is 2.